The van der Waals surface area contributed by atoms with Crippen LogP contribution in [0.4, 0.5) is 0 Å². The predicted molar refractivity (Wildman–Crippen MR) is 171 cm³/mol. The largest absolute Gasteiger partial charge is 0.394 e. The summed E-state index contributed by atoms with van der Waals surface area (Å²) in [7, 11) is 0. The molecular weight excluding hydrogens is 736 g/mol. The van der Waals surface area contributed by atoms with Crippen LogP contribution in [0.2, 0.25) is 0 Å². The highest BCUT2D eigenvalue weighted by atomic mass is 16.8. The van der Waals surface area contributed by atoms with Crippen molar-refractivity contribution in [3.8, 4) is 0 Å². The minimum Gasteiger partial charge on any atom is -0.394 e. The van der Waals surface area contributed by atoms with Gasteiger partial charge in [-0.2, -0.15) is 0 Å². The third-order valence-electron chi connectivity index (χ3n) is 9.64. The number of amides is 2. The molecule has 0 aromatic heterocycles. The molecule has 2 amide bonds. The lowest BCUT2D eigenvalue weighted by Gasteiger charge is -2.50. The lowest BCUT2D eigenvalue weighted by molar-refractivity contribution is -0.373. The van der Waals surface area contributed by atoms with E-state index in [9.17, 15) is 65.8 Å². The molecule has 4 heterocycles. The maximum Gasteiger partial charge on any atom is 0.217 e. The van der Waals surface area contributed by atoms with Gasteiger partial charge in [-0.05, 0) is 13.8 Å². The second kappa shape index (κ2) is 19.6. The van der Waals surface area contributed by atoms with E-state index in [4.69, 9.17) is 37.9 Å². The number of hydrogen-bond acceptors (Lipinski definition) is 21. The Morgan fingerprint density at radius 1 is 0.537 bits per heavy atom. The molecule has 0 aromatic carbocycles. The molecule has 0 spiro atoms. The summed E-state index contributed by atoms with van der Waals surface area (Å²) in [6.45, 7) is 1.97. The van der Waals surface area contributed by atoms with Gasteiger partial charge in [0.1, 0.15) is 91.4 Å². The fourth-order valence-corrected chi connectivity index (χ4v) is 6.66. The molecule has 4 saturated heterocycles. The van der Waals surface area contributed by atoms with E-state index >= 15 is 0 Å². The fraction of sp³-hybridized carbons (Fsp3) is 0.935. The van der Waals surface area contributed by atoms with Crippen molar-refractivity contribution in [1.29, 1.82) is 0 Å². The molecule has 0 bridgehead atoms. The van der Waals surface area contributed by atoms with Gasteiger partial charge in [-0.15, -0.1) is 0 Å². The molecule has 20 atom stereocenters. The second-order valence-corrected chi connectivity index (χ2v) is 13.7. The molecule has 0 unspecified atom stereocenters. The minimum atomic E-state index is -1.97. The average Bonchev–Trinajstić information content (AvgIpc) is 3.12. The molecule has 0 aliphatic carbocycles. The predicted octanol–water partition coefficient (Wildman–Crippen LogP) is -8.03. The highest BCUT2D eigenvalue weighted by Crippen LogP contribution is 2.35. The van der Waals surface area contributed by atoms with Gasteiger partial charge in [0.15, 0.2) is 25.2 Å². The van der Waals surface area contributed by atoms with Gasteiger partial charge in [-0.1, -0.05) is 0 Å². The third-order valence-corrected chi connectivity index (χ3v) is 9.64. The van der Waals surface area contributed by atoms with E-state index in [0.29, 0.717) is 0 Å². The summed E-state index contributed by atoms with van der Waals surface area (Å²) < 4.78 is 46.1. The molecule has 23 nitrogen and oxygen atoms in total. The number of aliphatic hydroxyl groups excluding tert-OH is 11. The van der Waals surface area contributed by atoms with Crippen LogP contribution in [0.15, 0.2) is 0 Å². The van der Waals surface area contributed by atoms with Gasteiger partial charge in [-0.25, -0.2) is 0 Å². The number of rotatable bonds is 14. The lowest BCUT2D eigenvalue weighted by Crippen LogP contribution is -2.70. The van der Waals surface area contributed by atoms with Gasteiger partial charge >= 0.3 is 0 Å². The van der Waals surface area contributed by atoms with Crippen LogP contribution in [0.1, 0.15) is 27.7 Å². The molecule has 0 aromatic rings. The number of carbonyl (C=O) groups is 2. The van der Waals surface area contributed by atoms with Gasteiger partial charge in [-0.3, -0.25) is 9.59 Å². The first kappa shape index (κ1) is 44.9. The van der Waals surface area contributed by atoms with Crippen molar-refractivity contribution in [3.05, 3.63) is 0 Å². The zero-order valence-corrected chi connectivity index (χ0v) is 30.0. The molecule has 13 N–H and O–H groups in total. The first-order valence-electron chi connectivity index (χ1n) is 17.5. The molecule has 23 heteroatoms. The second-order valence-electron chi connectivity index (χ2n) is 13.7. The van der Waals surface area contributed by atoms with Crippen LogP contribution in [-0.2, 0) is 47.5 Å². The zero-order valence-electron chi connectivity index (χ0n) is 30.0. The van der Waals surface area contributed by atoms with Crippen molar-refractivity contribution in [2.24, 2.45) is 0 Å². The average molecular weight is 791 g/mol. The maximum atomic E-state index is 12.4. The number of nitrogens with one attached hydrogen (secondary N) is 2. The Bertz CT molecular complexity index is 1200. The molecule has 0 radical (unpaired) electrons. The van der Waals surface area contributed by atoms with E-state index in [1.54, 1.807) is 0 Å². The molecule has 4 aliphatic heterocycles. The van der Waals surface area contributed by atoms with Crippen molar-refractivity contribution in [3.63, 3.8) is 0 Å². The summed E-state index contributed by atoms with van der Waals surface area (Å²) in [4.78, 5) is 24.6. The summed E-state index contributed by atoms with van der Waals surface area (Å²) in [5.41, 5.74) is 0. The van der Waals surface area contributed by atoms with E-state index in [0.717, 1.165) is 13.8 Å². The van der Waals surface area contributed by atoms with Crippen molar-refractivity contribution in [2.75, 3.05) is 26.4 Å². The van der Waals surface area contributed by atoms with E-state index in [2.05, 4.69) is 10.6 Å². The summed E-state index contributed by atoms with van der Waals surface area (Å²) in [5, 5.41) is 120. The minimum absolute atomic E-state index is 0.665. The Hall–Kier alpha value is -1.82. The first-order chi connectivity index (χ1) is 25.5. The number of aliphatic hydroxyl groups is 11. The molecule has 4 aliphatic rings. The molecule has 4 fully saturated rings. The smallest absolute Gasteiger partial charge is 0.217 e. The Morgan fingerprint density at radius 2 is 0.963 bits per heavy atom. The van der Waals surface area contributed by atoms with Crippen molar-refractivity contribution >= 4 is 11.8 Å². The molecule has 4 rings (SSSR count). The van der Waals surface area contributed by atoms with Crippen LogP contribution in [0.3, 0.4) is 0 Å². The van der Waals surface area contributed by atoms with E-state index in [1.165, 1.54) is 13.8 Å². The molecule has 0 saturated carbocycles. The molecule has 314 valence electrons. The Morgan fingerprint density at radius 3 is 1.43 bits per heavy atom. The number of carbonyl (C=O) groups excluding carboxylic acids is 2. The number of ether oxygens (including phenoxy) is 8. The molecule has 54 heavy (non-hydrogen) atoms. The van der Waals surface area contributed by atoms with E-state index in [-0.39, 0.29) is 0 Å². The van der Waals surface area contributed by atoms with Crippen molar-refractivity contribution in [1.82, 2.24) is 10.6 Å². The summed E-state index contributed by atoms with van der Waals surface area (Å²) in [5.74, 6) is -1.38. The topological polar surface area (TPSA) is 355 Å². The SMILES string of the molecule is CC(=O)N[C@H]1[C@H](O[C@@H]2[C@@H](O)[C@H](C)O[C@@H](O[C@H]3[C@H](O)[C@@H](CO)O[C@H](OC(CO)CO)[C@@H]3NC(C)=O)[C@@H]2O)O[C@H](CO)[C@@H](O)[C@@H]1O[C@@H]1O[C@@H](C)[C@@H](O)[C@@H](O)[C@H]1O. The van der Waals surface area contributed by atoms with Crippen LogP contribution < -0.4 is 10.6 Å². The monoisotopic (exact) mass is 790 g/mol. The van der Waals surface area contributed by atoms with Gasteiger partial charge < -0.3 is 105 Å². The summed E-state index contributed by atoms with van der Waals surface area (Å²) in [6.07, 6.45) is -30.3. The summed E-state index contributed by atoms with van der Waals surface area (Å²) >= 11 is 0. The maximum absolute atomic E-state index is 12.4. The van der Waals surface area contributed by atoms with Gasteiger partial charge in [0, 0.05) is 13.8 Å². The fourth-order valence-electron chi connectivity index (χ4n) is 6.66. The van der Waals surface area contributed by atoms with Crippen LogP contribution >= 0.6 is 0 Å². The van der Waals surface area contributed by atoms with Crippen LogP contribution in [0.25, 0.3) is 0 Å². The first-order valence-corrected chi connectivity index (χ1v) is 17.5. The standard InChI is InChI=1S/C31H54N2O21/c1-9-18(40)22(44)23(45)30(47-9)52-26-17(33-12(4)39)29(51-15(8-37)21(26)43)54-27-19(41)10(2)48-31(24(27)46)53-25-16(32-11(3)38)28(49-13(5-34)6-35)50-14(7-36)20(25)42/h9-10,13-31,34-37,40-46H,5-8H2,1-4H3,(H,32,38)(H,33,39)/t9-,10-,14+,15+,16+,17+,18+,19-,20+,21+,22+,23+,24+,25+,26+,27+,28-,29-,30-,31-/m0/s1. The summed E-state index contributed by atoms with van der Waals surface area (Å²) in [6, 6.07) is -2.93. The van der Waals surface area contributed by atoms with Crippen LogP contribution in [0, 0.1) is 0 Å². The Kier molecular flexibility index (Phi) is 16.3. The Labute approximate surface area is 309 Å². The van der Waals surface area contributed by atoms with Gasteiger partial charge in [0.25, 0.3) is 0 Å². The molecular formula is C31H54N2O21. The quantitative estimate of drug-likeness (QED) is 0.0777. The highest BCUT2D eigenvalue weighted by molar-refractivity contribution is 5.73. The van der Waals surface area contributed by atoms with Crippen LogP contribution in [0.5, 0.6) is 0 Å². The highest BCUT2D eigenvalue weighted by Gasteiger charge is 2.56. The normalized spacial score (nSPS) is 45.9. The van der Waals surface area contributed by atoms with Crippen LogP contribution in [-0.4, -0.2) is 223 Å². The van der Waals surface area contributed by atoms with Crippen molar-refractivity contribution in [2.45, 2.75) is 156 Å². The van der Waals surface area contributed by atoms with Crippen molar-refractivity contribution < 1.29 is 104 Å². The van der Waals surface area contributed by atoms with Gasteiger partial charge in [0.05, 0.1) is 38.6 Å². The Balaban J connectivity index is 1.63. The number of hydrogen-bond donors (Lipinski definition) is 13. The zero-order chi connectivity index (χ0) is 40.2. The van der Waals surface area contributed by atoms with Gasteiger partial charge in [0.2, 0.25) is 11.8 Å². The lowest BCUT2D eigenvalue weighted by atomic mass is 9.94. The van der Waals surface area contributed by atoms with E-state index < -0.39 is 167 Å². The third kappa shape index (κ3) is 10.00. The van der Waals surface area contributed by atoms with E-state index in [1.807, 2.05) is 0 Å².